The second-order valence-corrected chi connectivity index (χ2v) is 4.33. The minimum absolute atomic E-state index is 0.000596. The standard InChI is InChI=1S/C12H16F2N2O3/c1-15(2)7-3-4-9-8-10(16(17)18)5-6-11(9)19-12(13)14/h5-6,8,12H,3-4,7H2,1-2H3. The maximum Gasteiger partial charge on any atom is 0.387 e. The molecule has 0 aliphatic heterocycles. The molecular formula is C12H16F2N2O3. The number of nitro groups is 1. The molecule has 0 unspecified atom stereocenters. The summed E-state index contributed by atoms with van der Waals surface area (Å²) in [6.07, 6.45) is 1.15. The van der Waals surface area contributed by atoms with Gasteiger partial charge in [-0.1, -0.05) is 0 Å². The summed E-state index contributed by atoms with van der Waals surface area (Å²) in [4.78, 5) is 12.1. The summed E-state index contributed by atoms with van der Waals surface area (Å²) in [5.41, 5.74) is 0.304. The molecule has 0 aliphatic rings. The Morgan fingerprint density at radius 3 is 2.63 bits per heavy atom. The highest BCUT2D eigenvalue weighted by molar-refractivity contribution is 5.43. The lowest BCUT2D eigenvalue weighted by Crippen LogP contribution is -2.14. The summed E-state index contributed by atoms with van der Waals surface area (Å²) in [5.74, 6) is -0.000596. The Bertz CT molecular complexity index is 439. The van der Waals surface area contributed by atoms with Crippen LogP contribution in [0, 0.1) is 10.1 Å². The summed E-state index contributed by atoms with van der Waals surface area (Å²) >= 11 is 0. The molecule has 0 aromatic heterocycles. The van der Waals surface area contributed by atoms with E-state index in [9.17, 15) is 18.9 Å². The van der Waals surface area contributed by atoms with Gasteiger partial charge in [-0.05, 0) is 39.5 Å². The first kappa shape index (κ1) is 15.3. The van der Waals surface area contributed by atoms with Crippen LogP contribution in [-0.4, -0.2) is 37.1 Å². The van der Waals surface area contributed by atoms with Gasteiger partial charge in [0.15, 0.2) is 0 Å². The summed E-state index contributed by atoms with van der Waals surface area (Å²) < 4.78 is 28.9. The summed E-state index contributed by atoms with van der Waals surface area (Å²) in [6.45, 7) is -2.18. The molecule has 5 nitrogen and oxygen atoms in total. The first-order valence-corrected chi connectivity index (χ1v) is 5.77. The first-order chi connectivity index (χ1) is 8.90. The monoisotopic (exact) mass is 274 g/mol. The van der Waals surface area contributed by atoms with Crippen LogP contribution in [0.5, 0.6) is 5.75 Å². The second kappa shape index (κ2) is 6.98. The van der Waals surface area contributed by atoms with Gasteiger partial charge >= 0.3 is 6.61 Å². The van der Waals surface area contributed by atoms with Crippen molar-refractivity contribution < 1.29 is 18.4 Å². The Balaban J connectivity index is 2.87. The number of benzene rings is 1. The molecule has 0 heterocycles. The fraction of sp³-hybridized carbons (Fsp3) is 0.500. The van der Waals surface area contributed by atoms with E-state index in [1.165, 1.54) is 12.1 Å². The van der Waals surface area contributed by atoms with E-state index in [2.05, 4.69) is 4.74 Å². The quantitative estimate of drug-likeness (QED) is 0.566. The molecule has 0 aliphatic carbocycles. The SMILES string of the molecule is CN(C)CCCc1cc([N+](=O)[O-])ccc1OC(F)F. The molecule has 0 saturated carbocycles. The molecule has 1 aromatic rings. The third-order valence-electron chi connectivity index (χ3n) is 2.52. The Morgan fingerprint density at radius 1 is 1.42 bits per heavy atom. The van der Waals surface area contributed by atoms with E-state index in [4.69, 9.17) is 0 Å². The van der Waals surface area contributed by atoms with Gasteiger partial charge in [0.25, 0.3) is 5.69 Å². The largest absolute Gasteiger partial charge is 0.435 e. The van der Waals surface area contributed by atoms with E-state index in [1.54, 1.807) is 0 Å². The highest BCUT2D eigenvalue weighted by Gasteiger charge is 2.14. The van der Waals surface area contributed by atoms with E-state index < -0.39 is 11.5 Å². The average molecular weight is 274 g/mol. The van der Waals surface area contributed by atoms with Crippen LogP contribution in [0.15, 0.2) is 18.2 Å². The molecule has 1 aromatic carbocycles. The van der Waals surface area contributed by atoms with Crippen molar-refractivity contribution >= 4 is 5.69 Å². The third kappa shape index (κ3) is 5.17. The number of nitro benzene ring substituents is 1. The number of aryl methyl sites for hydroxylation is 1. The second-order valence-electron chi connectivity index (χ2n) is 4.33. The summed E-state index contributed by atoms with van der Waals surface area (Å²) in [7, 11) is 3.79. The van der Waals surface area contributed by atoms with Crippen molar-refractivity contribution in [3.05, 3.63) is 33.9 Å². The van der Waals surface area contributed by atoms with Gasteiger partial charge in [-0.25, -0.2) is 0 Å². The van der Waals surface area contributed by atoms with Crippen LogP contribution in [0.4, 0.5) is 14.5 Å². The molecule has 7 heteroatoms. The van der Waals surface area contributed by atoms with E-state index in [1.807, 2.05) is 19.0 Å². The number of hydrogen-bond acceptors (Lipinski definition) is 4. The first-order valence-electron chi connectivity index (χ1n) is 5.77. The predicted molar refractivity (Wildman–Crippen MR) is 66.6 cm³/mol. The Morgan fingerprint density at radius 2 is 2.11 bits per heavy atom. The zero-order chi connectivity index (χ0) is 14.4. The molecule has 0 N–H and O–H groups in total. The maximum absolute atomic E-state index is 12.2. The van der Waals surface area contributed by atoms with Crippen molar-refractivity contribution in [3.8, 4) is 5.75 Å². The van der Waals surface area contributed by atoms with Gasteiger partial charge in [-0.3, -0.25) is 10.1 Å². The Labute approximate surface area is 109 Å². The van der Waals surface area contributed by atoms with Crippen LogP contribution in [0.25, 0.3) is 0 Å². The topological polar surface area (TPSA) is 55.6 Å². The minimum Gasteiger partial charge on any atom is -0.435 e. The number of non-ortho nitro benzene ring substituents is 1. The molecule has 0 atom stereocenters. The fourth-order valence-corrected chi connectivity index (χ4v) is 1.67. The zero-order valence-corrected chi connectivity index (χ0v) is 10.8. The van der Waals surface area contributed by atoms with Crippen LogP contribution in [0.3, 0.4) is 0 Å². The molecular weight excluding hydrogens is 258 g/mol. The lowest BCUT2D eigenvalue weighted by atomic mass is 10.1. The van der Waals surface area contributed by atoms with Crippen molar-refractivity contribution in [2.75, 3.05) is 20.6 Å². The summed E-state index contributed by atoms with van der Waals surface area (Å²) in [5, 5.41) is 10.7. The highest BCUT2D eigenvalue weighted by atomic mass is 19.3. The van der Waals surface area contributed by atoms with Crippen LogP contribution >= 0.6 is 0 Å². The summed E-state index contributed by atoms with van der Waals surface area (Å²) in [6, 6.07) is 3.66. The highest BCUT2D eigenvalue weighted by Crippen LogP contribution is 2.26. The van der Waals surface area contributed by atoms with Crippen LogP contribution in [0.2, 0.25) is 0 Å². The lowest BCUT2D eigenvalue weighted by Gasteiger charge is -2.12. The number of hydrogen-bond donors (Lipinski definition) is 0. The third-order valence-corrected chi connectivity index (χ3v) is 2.52. The number of nitrogens with zero attached hydrogens (tertiary/aromatic N) is 2. The smallest absolute Gasteiger partial charge is 0.387 e. The van der Waals surface area contributed by atoms with Gasteiger partial charge in [0, 0.05) is 17.7 Å². The maximum atomic E-state index is 12.2. The Hall–Kier alpha value is -1.76. The normalized spacial score (nSPS) is 11.1. The van der Waals surface area contributed by atoms with Gasteiger partial charge in [0.1, 0.15) is 5.75 Å². The van der Waals surface area contributed by atoms with Gasteiger partial charge in [-0.2, -0.15) is 8.78 Å². The van der Waals surface area contributed by atoms with Crippen molar-refractivity contribution in [1.29, 1.82) is 0 Å². The van der Waals surface area contributed by atoms with Gasteiger partial charge < -0.3 is 9.64 Å². The molecule has 0 spiro atoms. The van der Waals surface area contributed by atoms with E-state index >= 15 is 0 Å². The van der Waals surface area contributed by atoms with Crippen molar-refractivity contribution in [2.24, 2.45) is 0 Å². The zero-order valence-electron chi connectivity index (χ0n) is 10.8. The molecule has 19 heavy (non-hydrogen) atoms. The molecule has 106 valence electrons. The fourth-order valence-electron chi connectivity index (χ4n) is 1.67. The van der Waals surface area contributed by atoms with Gasteiger partial charge in [0.2, 0.25) is 0 Å². The van der Waals surface area contributed by atoms with Crippen LogP contribution in [0.1, 0.15) is 12.0 Å². The van der Waals surface area contributed by atoms with Gasteiger partial charge in [-0.15, -0.1) is 0 Å². The molecule has 0 bridgehead atoms. The lowest BCUT2D eigenvalue weighted by molar-refractivity contribution is -0.385. The number of rotatable bonds is 7. The molecule has 0 fully saturated rings. The number of halogens is 2. The van der Waals surface area contributed by atoms with E-state index in [0.717, 1.165) is 12.6 Å². The van der Waals surface area contributed by atoms with Crippen LogP contribution in [-0.2, 0) is 6.42 Å². The van der Waals surface area contributed by atoms with E-state index in [0.29, 0.717) is 18.4 Å². The molecule has 1 rings (SSSR count). The number of alkyl halides is 2. The van der Waals surface area contributed by atoms with E-state index in [-0.39, 0.29) is 11.4 Å². The Kier molecular flexibility index (Phi) is 5.62. The van der Waals surface area contributed by atoms with Crippen molar-refractivity contribution in [3.63, 3.8) is 0 Å². The molecule has 0 radical (unpaired) electrons. The predicted octanol–water partition coefficient (Wildman–Crippen LogP) is 2.69. The molecule has 0 amide bonds. The number of ether oxygens (including phenoxy) is 1. The van der Waals surface area contributed by atoms with Crippen molar-refractivity contribution in [2.45, 2.75) is 19.5 Å². The van der Waals surface area contributed by atoms with Crippen molar-refractivity contribution in [1.82, 2.24) is 4.90 Å². The van der Waals surface area contributed by atoms with Gasteiger partial charge in [0.05, 0.1) is 4.92 Å². The minimum atomic E-state index is -2.94. The average Bonchev–Trinajstić information content (AvgIpc) is 2.29. The van der Waals surface area contributed by atoms with Crippen LogP contribution < -0.4 is 4.74 Å². The molecule has 0 saturated heterocycles.